The molecule has 0 aliphatic heterocycles. The van der Waals surface area contributed by atoms with Crippen LogP contribution in [0.1, 0.15) is 41.9 Å². The smallest absolute Gasteiger partial charge is 0.0596 e. The first kappa shape index (κ1) is 16.2. The fourth-order valence-electron chi connectivity index (χ4n) is 2.61. The van der Waals surface area contributed by atoms with Crippen molar-refractivity contribution in [2.24, 2.45) is 7.05 Å². The highest BCUT2D eigenvalue weighted by atomic mass is 79.9. The minimum atomic E-state index is 0.300. The third-order valence-electron chi connectivity index (χ3n) is 3.75. The summed E-state index contributed by atoms with van der Waals surface area (Å²) in [6.07, 6.45) is 2.07. The van der Waals surface area contributed by atoms with E-state index in [4.69, 9.17) is 0 Å². The fourth-order valence-corrected chi connectivity index (χ4v) is 3.15. The molecule has 0 amide bonds. The lowest BCUT2D eigenvalue weighted by molar-refractivity contribution is 0.510. The van der Waals surface area contributed by atoms with Gasteiger partial charge < -0.3 is 5.32 Å². The van der Waals surface area contributed by atoms with Crippen molar-refractivity contribution in [3.63, 3.8) is 0 Å². The van der Waals surface area contributed by atoms with E-state index in [9.17, 15) is 0 Å². The highest BCUT2D eigenvalue weighted by molar-refractivity contribution is 9.10. The molecular formula is C17H24BrN3. The SMILES string of the molecule is CCCNC(Cc1cc(C)nn1C)c1cccc(C)c1Br. The molecular weight excluding hydrogens is 326 g/mol. The van der Waals surface area contributed by atoms with Gasteiger partial charge in [0.05, 0.1) is 5.69 Å². The second-order valence-corrected chi connectivity index (χ2v) is 6.38. The Hall–Kier alpha value is -1.13. The minimum absolute atomic E-state index is 0.300. The number of aryl methyl sites for hydroxylation is 3. The summed E-state index contributed by atoms with van der Waals surface area (Å²) in [5.41, 5.74) is 4.93. The highest BCUT2D eigenvalue weighted by Gasteiger charge is 2.17. The monoisotopic (exact) mass is 349 g/mol. The largest absolute Gasteiger partial charge is 0.310 e. The fraction of sp³-hybridized carbons (Fsp3) is 0.471. The van der Waals surface area contributed by atoms with E-state index in [0.717, 1.165) is 25.1 Å². The quantitative estimate of drug-likeness (QED) is 0.851. The van der Waals surface area contributed by atoms with Gasteiger partial charge in [-0.15, -0.1) is 0 Å². The molecule has 21 heavy (non-hydrogen) atoms. The van der Waals surface area contributed by atoms with Gasteiger partial charge in [-0.1, -0.05) is 41.1 Å². The maximum Gasteiger partial charge on any atom is 0.0596 e. The molecule has 3 nitrogen and oxygen atoms in total. The van der Waals surface area contributed by atoms with Crippen LogP contribution in [0.5, 0.6) is 0 Å². The first-order valence-electron chi connectivity index (χ1n) is 7.50. The van der Waals surface area contributed by atoms with Crippen molar-refractivity contribution in [1.29, 1.82) is 0 Å². The summed E-state index contributed by atoms with van der Waals surface area (Å²) in [7, 11) is 2.02. The van der Waals surface area contributed by atoms with Gasteiger partial charge in [0.25, 0.3) is 0 Å². The number of rotatable bonds is 6. The Labute approximate surface area is 135 Å². The van der Waals surface area contributed by atoms with E-state index in [-0.39, 0.29) is 0 Å². The number of nitrogens with zero attached hydrogens (tertiary/aromatic N) is 2. The molecule has 2 aromatic rings. The van der Waals surface area contributed by atoms with Crippen LogP contribution >= 0.6 is 15.9 Å². The van der Waals surface area contributed by atoms with Crippen molar-refractivity contribution in [1.82, 2.24) is 15.1 Å². The third kappa shape index (κ3) is 3.95. The van der Waals surface area contributed by atoms with Crippen LogP contribution in [-0.2, 0) is 13.5 Å². The Balaban J connectivity index is 2.29. The maximum atomic E-state index is 4.46. The molecule has 0 fully saturated rings. The molecule has 114 valence electrons. The Morgan fingerprint density at radius 1 is 1.33 bits per heavy atom. The first-order chi connectivity index (χ1) is 10.0. The van der Waals surface area contributed by atoms with Crippen molar-refractivity contribution < 1.29 is 0 Å². The van der Waals surface area contributed by atoms with Crippen molar-refractivity contribution in [2.45, 2.75) is 39.7 Å². The van der Waals surface area contributed by atoms with Crippen LogP contribution in [0.15, 0.2) is 28.7 Å². The van der Waals surface area contributed by atoms with Gasteiger partial charge in [0.15, 0.2) is 0 Å². The molecule has 0 spiro atoms. The summed E-state index contributed by atoms with van der Waals surface area (Å²) in [5.74, 6) is 0. The molecule has 4 heteroatoms. The molecule has 1 aromatic heterocycles. The Morgan fingerprint density at radius 3 is 2.71 bits per heavy atom. The second-order valence-electron chi connectivity index (χ2n) is 5.59. The Bertz CT molecular complexity index is 604. The van der Waals surface area contributed by atoms with Crippen molar-refractivity contribution >= 4 is 15.9 Å². The number of hydrogen-bond donors (Lipinski definition) is 1. The van der Waals surface area contributed by atoms with Gasteiger partial charge in [0, 0.05) is 29.7 Å². The summed E-state index contributed by atoms with van der Waals surface area (Å²) >= 11 is 3.75. The molecule has 0 radical (unpaired) electrons. The molecule has 1 heterocycles. The van der Waals surface area contributed by atoms with Gasteiger partial charge in [-0.2, -0.15) is 5.10 Å². The third-order valence-corrected chi connectivity index (χ3v) is 4.83. The van der Waals surface area contributed by atoms with E-state index in [1.807, 2.05) is 18.7 Å². The Morgan fingerprint density at radius 2 is 2.10 bits per heavy atom. The normalized spacial score (nSPS) is 12.6. The van der Waals surface area contributed by atoms with Gasteiger partial charge in [0.1, 0.15) is 0 Å². The van der Waals surface area contributed by atoms with E-state index in [2.05, 4.69) is 64.5 Å². The number of hydrogen-bond acceptors (Lipinski definition) is 2. The van der Waals surface area contributed by atoms with Crippen LogP contribution in [0.3, 0.4) is 0 Å². The van der Waals surface area contributed by atoms with Crippen LogP contribution in [0.2, 0.25) is 0 Å². The zero-order valence-electron chi connectivity index (χ0n) is 13.3. The van der Waals surface area contributed by atoms with Crippen LogP contribution in [-0.4, -0.2) is 16.3 Å². The molecule has 1 N–H and O–H groups in total. The van der Waals surface area contributed by atoms with Crippen LogP contribution in [0.25, 0.3) is 0 Å². The van der Waals surface area contributed by atoms with Gasteiger partial charge in [-0.3, -0.25) is 4.68 Å². The molecule has 1 unspecified atom stereocenters. The lowest BCUT2D eigenvalue weighted by Crippen LogP contribution is -2.25. The standard InChI is InChI=1S/C17H24BrN3/c1-5-9-19-16(11-14-10-13(3)20-21(14)4)15-8-6-7-12(2)17(15)18/h6-8,10,16,19H,5,9,11H2,1-4H3. The Kier molecular flexibility index (Phi) is 5.59. The van der Waals surface area contributed by atoms with Crippen LogP contribution < -0.4 is 5.32 Å². The lowest BCUT2D eigenvalue weighted by Gasteiger charge is -2.21. The van der Waals surface area contributed by atoms with Crippen LogP contribution in [0.4, 0.5) is 0 Å². The maximum absolute atomic E-state index is 4.46. The second kappa shape index (κ2) is 7.23. The van der Waals surface area contributed by atoms with E-state index in [0.29, 0.717) is 6.04 Å². The highest BCUT2D eigenvalue weighted by Crippen LogP contribution is 2.29. The molecule has 0 aliphatic rings. The zero-order chi connectivity index (χ0) is 15.4. The van der Waals surface area contributed by atoms with Gasteiger partial charge in [-0.05, 0) is 44.0 Å². The summed E-state index contributed by atoms with van der Waals surface area (Å²) in [4.78, 5) is 0. The topological polar surface area (TPSA) is 29.9 Å². The number of aromatic nitrogens is 2. The van der Waals surface area contributed by atoms with Crippen molar-refractivity contribution in [3.05, 3.63) is 51.3 Å². The van der Waals surface area contributed by atoms with Crippen LogP contribution in [0, 0.1) is 13.8 Å². The van der Waals surface area contributed by atoms with E-state index in [1.54, 1.807) is 0 Å². The molecule has 1 atom stereocenters. The molecule has 0 saturated carbocycles. The number of nitrogens with one attached hydrogen (secondary N) is 1. The van der Waals surface area contributed by atoms with E-state index in [1.165, 1.54) is 21.3 Å². The van der Waals surface area contributed by atoms with Gasteiger partial charge in [0.2, 0.25) is 0 Å². The molecule has 2 rings (SSSR count). The summed E-state index contributed by atoms with van der Waals surface area (Å²) in [5, 5.41) is 8.12. The summed E-state index contributed by atoms with van der Waals surface area (Å²) in [6.45, 7) is 7.39. The molecule has 0 bridgehead atoms. The number of halogens is 1. The molecule has 0 saturated heterocycles. The predicted molar refractivity (Wildman–Crippen MR) is 91.6 cm³/mol. The van der Waals surface area contributed by atoms with Crippen molar-refractivity contribution in [2.75, 3.05) is 6.54 Å². The first-order valence-corrected chi connectivity index (χ1v) is 8.30. The van der Waals surface area contributed by atoms with Gasteiger partial charge >= 0.3 is 0 Å². The van der Waals surface area contributed by atoms with Crippen molar-refractivity contribution in [3.8, 4) is 0 Å². The molecule has 1 aromatic carbocycles. The summed E-state index contributed by atoms with van der Waals surface area (Å²) < 4.78 is 3.19. The minimum Gasteiger partial charge on any atom is -0.310 e. The number of benzene rings is 1. The average molecular weight is 350 g/mol. The summed E-state index contributed by atoms with van der Waals surface area (Å²) in [6, 6.07) is 8.94. The predicted octanol–water partition coefficient (Wildman–Crippen LogP) is 4.08. The lowest BCUT2D eigenvalue weighted by atomic mass is 9.99. The molecule has 0 aliphatic carbocycles. The average Bonchev–Trinajstić information content (AvgIpc) is 2.76. The van der Waals surface area contributed by atoms with E-state index < -0.39 is 0 Å². The van der Waals surface area contributed by atoms with E-state index >= 15 is 0 Å². The zero-order valence-corrected chi connectivity index (χ0v) is 14.9. The van der Waals surface area contributed by atoms with Gasteiger partial charge in [-0.25, -0.2) is 0 Å².